The molecule has 0 aromatic heterocycles. The van der Waals surface area contributed by atoms with Gasteiger partial charge in [0, 0.05) is 7.94 Å². The monoisotopic (exact) mass is 322 g/mol. The van der Waals surface area contributed by atoms with Gasteiger partial charge in [0.2, 0.25) is 6.31 Å². The number of hydrogen-bond acceptors (Lipinski definition) is 0. The number of aryl methyl sites for hydroxylation is 6. The molecule has 0 bridgehead atoms. The van der Waals surface area contributed by atoms with E-state index >= 15 is 0 Å². The van der Waals surface area contributed by atoms with Crippen molar-refractivity contribution in [1.82, 2.24) is 0 Å². The van der Waals surface area contributed by atoms with Crippen molar-refractivity contribution in [2.75, 3.05) is 0 Å². The van der Waals surface area contributed by atoms with E-state index in [2.05, 4.69) is 85.4 Å². The second-order valence-corrected chi connectivity index (χ2v) is 13.7. The molecule has 2 rings (SSSR count). The molecule has 0 fully saturated rings. The van der Waals surface area contributed by atoms with Crippen LogP contribution < -0.4 is 10.9 Å². The van der Waals surface area contributed by atoms with Crippen LogP contribution in [0.15, 0.2) is 24.3 Å². The van der Waals surface area contributed by atoms with Gasteiger partial charge in [0.25, 0.3) is 0 Å². The second-order valence-electron chi connectivity index (χ2n) is 8.42. The fourth-order valence-corrected chi connectivity index (χ4v) is 6.95. The number of rotatable bonds is 3. The van der Waals surface area contributed by atoms with E-state index in [0.717, 1.165) is 0 Å². The molecular weight excluding hydrogens is 291 g/mol. The lowest BCUT2D eigenvalue weighted by atomic mass is 9.55. The highest BCUT2D eigenvalue weighted by Gasteiger charge is 2.37. The lowest BCUT2D eigenvalue weighted by molar-refractivity contribution is 1.34. The zero-order valence-electron chi connectivity index (χ0n) is 16.4. The zero-order valence-corrected chi connectivity index (χ0v) is 17.4. The summed E-state index contributed by atoms with van der Waals surface area (Å²) in [6.07, 6.45) is 0.559. The Bertz CT molecular complexity index is 634. The molecule has 2 aromatic rings. The molecular formula is C21H31BSi. The van der Waals surface area contributed by atoms with Crippen LogP contribution >= 0.6 is 0 Å². The molecule has 23 heavy (non-hydrogen) atoms. The Labute approximate surface area is 144 Å². The van der Waals surface area contributed by atoms with Crippen LogP contribution in [0.3, 0.4) is 0 Å². The van der Waals surface area contributed by atoms with Crippen molar-refractivity contribution in [3.05, 3.63) is 57.6 Å². The van der Waals surface area contributed by atoms with Crippen molar-refractivity contribution in [3.8, 4) is 0 Å². The van der Waals surface area contributed by atoms with E-state index in [0.29, 0.717) is 6.31 Å². The highest BCUT2D eigenvalue weighted by atomic mass is 28.3. The van der Waals surface area contributed by atoms with Gasteiger partial charge < -0.3 is 0 Å². The SMILES string of the molecule is Cc1cc(C)c(B(c2c(C)cc(C)cc2C)[Si](C)(C)C)c(C)c1. The molecule has 0 aliphatic heterocycles. The largest absolute Gasteiger partial charge is 0.203 e. The van der Waals surface area contributed by atoms with Crippen LogP contribution in [0.4, 0.5) is 0 Å². The Balaban J connectivity index is 2.81. The van der Waals surface area contributed by atoms with Crippen LogP contribution in [0.5, 0.6) is 0 Å². The van der Waals surface area contributed by atoms with E-state index in [1.54, 1.807) is 10.9 Å². The molecule has 0 amide bonds. The molecule has 0 nitrogen and oxygen atoms in total. The van der Waals surface area contributed by atoms with E-state index in [-0.39, 0.29) is 0 Å². The van der Waals surface area contributed by atoms with Crippen LogP contribution in [0.25, 0.3) is 0 Å². The maximum atomic E-state index is 2.51. The average Bonchev–Trinajstić information content (AvgIpc) is 2.33. The molecule has 2 heteroatoms. The van der Waals surface area contributed by atoms with Crippen molar-refractivity contribution in [3.63, 3.8) is 0 Å². The van der Waals surface area contributed by atoms with Gasteiger partial charge in [-0.15, -0.1) is 0 Å². The first kappa shape index (κ1) is 18.1. The molecule has 122 valence electrons. The van der Waals surface area contributed by atoms with Gasteiger partial charge in [-0.1, -0.05) is 88.2 Å². The minimum atomic E-state index is -1.43. The summed E-state index contributed by atoms with van der Waals surface area (Å²) in [6, 6.07) is 9.42. The first-order chi connectivity index (χ1) is 10.5. The Kier molecular flexibility index (Phi) is 4.96. The standard InChI is InChI=1S/C21H31BSi/c1-14-10-16(3)20(17(4)11-14)22(23(7,8)9)21-18(5)12-15(2)13-19(21)6/h10-13H,1-9H3. The summed E-state index contributed by atoms with van der Waals surface area (Å²) < 4.78 is 0. The second kappa shape index (κ2) is 6.32. The van der Waals surface area contributed by atoms with Gasteiger partial charge in [0.05, 0.1) is 0 Å². The maximum Gasteiger partial charge on any atom is 0.203 e. The topological polar surface area (TPSA) is 0 Å². The molecule has 0 saturated carbocycles. The molecule has 0 spiro atoms. The highest BCUT2D eigenvalue weighted by Crippen LogP contribution is 2.18. The number of benzene rings is 2. The van der Waals surface area contributed by atoms with Gasteiger partial charge in [-0.2, -0.15) is 0 Å². The molecule has 0 heterocycles. The summed E-state index contributed by atoms with van der Waals surface area (Å²) in [7, 11) is -1.43. The minimum absolute atomic E-state index is 0.559. The summed E-state index contributed by atoms with van der Waals surface area (Å²) in [5.74, 6) is 0. The highest BCUT2D eigenvalue weighted by molar-refractivity contribution is 7.41. The van der Waals surface area contributed by atoms with E-state index in [1.165, 1.54) is 33.4 Å². The van der Waals surface area contributed by atoms with Gasteiger partial charge in [-0.3, -0.25) is 0 Å². The molecule has 0 N–H and O–H groups in total. The lowest BCUT2D eigenvalue weighted by Gasteiger charge is -2.32. The van der Waals surface area contributed by atoms with Gasteiger partial charge >= 0.3 is 0 Å². The molecule has 0 aliphatic carbocycles. The fourth-order valence-electron chi connectivity index (χ4n) is 4.30. The summed E-state index contributed by atoms with van der Waals surface area (Å²) in [5, 5.41) is 0. The summed E-state index contributed by atoms with van der Waals surface area (Å²) in [4.78, 5) is 0. The van der Waals surface area contributed by atoms with Crippen LogP contribution in [0.1, 0.15) is 33.4 Å². The normalized spacial score (nSPS) is 11.7. The molecule has 0 atom stereocenters. The first-order valence-electron chi connectivity index (χ1n) is 8.68. The third-order valence-electron chi connectivity index (χ3n) is 4.92. The third-order valence-corrected chi connectivity index (χ3v) is 7.23. The third kappa shape index (κ3) is 3.63. The van der Waals surface area contributed by atoms with Crippen LogP contribution in [-0.2, 0) is 0 Å². The molecule has 0 saturated heterocycles. The van der Waals surface area contributed by atoms with Crippen LogP contribution in [0.2, 0.25) is 19.6 Å². The van der Waals surface area contributed by atoms with E-state index in [9.17, 15) is 0 Å². The van der Waals surface area contributed by atoms with Crippen LogP contribution in [-0.4, -0.2) is 14.2 Å². The Morgan fingerprint density at radius 1 is 0.565 bits per heavy atom. The zero-order chi connectivity index (χ0) is 17.5. The quantitative estimate of drug-likeness (QED) is 0.727. The predicted octanol–water partition coefficient (Wildman–Crippen LogP) is 4.56. The van der Waals surface area contributed by atoms with Crippen molar-refractivity contribution in [1.29, 1.82) is 0 Å². The Morgan fingerprint density at radius 2 is 0.826 bits per heavy atom. The Morgan fingerprint density at radius 3 is 1.04 bits per heavy atom. The van der Waals surface area contributed by atoms with Crippen molar-refractivity contribution >= 4 is 25.2 Å². The van der Waals surface area contributed by atoms with E-state index < -0.39 is 7.94 Å². The molecule has 0 aliphatic rings. The van der Waals surface area contributed by atoms with Crippen molar-refractivity contribution < 1.29 is 0 Å². The lowest BCUT2D eigenvalue weighted by Crippen LogP contribution is -2.62. The minimum Gasteiger partial charge on any atom is -0.0742 e. The van der Waals surface area contributed by atoms with Crippen LogP contribution in [0, 0.1) is 41.5 Å². The van der Waals surface area contributed by atoms with E-state index in [4.69, 9.17) is 0 Å². The first-order valence-corrected chi connectivity index (χ1v) is 12.3. The number of hydrogen-bond donors (Lipinski definition) is 0. The predicted molar refractivity (Wildman–Crippen MR) is 110 cm³/mol. The van der Waals surface area contributed by atoms with Crippen molar-refractivity contribution in [2.24, 2.45) is 0 Å². The summed E-state index contributed by atoms with van der Waals surface area (Å²) in [6.45, 7) is 21.1. The summed E-state index contributed by atoms with van der Waals surface area (Å²) >= 11 is 0. The van der Waals surface area contributed by atoms with Gasteiger partial charge in [0.1, 0.15) is 0 Å². The van der Waals surface area contributed by atoms with Gasteiger partial charge in [0.15, 0.2) is 0 Å². The fraction of sp³-hybridized carbons (Fsp3) is 0.429. The average molecular weight is 322 g/mol. The van der Waals surface area contributed by atoms with Gasteiger partial charge in [-0.25, -0.2) is 0 Å². The maximum absolute atomic E-state index is 2.51. The summed E-state index contributed by atoms with van der Waals surface area (Å²) in [5.41, 5.74) is 11.7. The molecule has 0 unspecified atom stereocenters. The van der Waals surface area contributed by atoms with Crippen molar-refractivity contribution in [2.45, 2.75) is 61.2 Å². The van der Waals surface area contributed by atoms with Gasteiger partial charge in [-0.05, 0) is 41.5 Å². The smallest absolute Gasteiger partial charge is 0.0742 e. The molecule has 0 radical (unpaired) electrons. The Hall–Kier alpha value is -1.28. The molecule has 2 aromatic carbocycles. The van der Waals surface area contributed by atoms with E-state index in [1.807, 2.05) is 0 Å².